The number of halogens is 3. The van der Waals surface area contributed by atoms with Gasteiger partial charge in [-0.3, -0.25) is 14.5 Å². The van der Waals surface area contributed by atoms with E-state index in [1.807, 2.05) is 34.2 Å². The predicted molar refractivity (Wildman–Crippen MR) is 140 cm³/mol. The molecule has 2 saturated heterocycles. The van der Waals surface area contributed by atoms with Crippen LogP contribution in [0.25, 0.3) is 22.3 Å². The molecule has 2 N–H and O–H groups in total. The predicted octanol–water partition coefficient (Wildman–Crippen LogP) is 2.89. The number of aromatic amines is 1. The molecule has 0 amide bonds. The van der Waals surface area contributed by atoms with E-state index in [0.29, 0.717) is 32.0 Å². The minimum Gasteiger partial charge on any atom is -0.474 e. The van der Waals surface area contributed by atoms with Crippen LogP contribution in [0, 0.1) is 6.04 Å². The molecule has 14 heteroatoms. The monoisotopic (exact) mass is 568 g/mol. The van der Waals surface area contributed by atoms with Crippen LogP contribution in [-0.4, -0.2) is 94.0 Å². The molecule has 3 fully saturated rings. The van der Waals surface area contributed by atoms with Crippen molar-refractivity contribution in [2.24, 2.45) is 0 Å². The van der Waals surface area contributed by atoms with Crippen LogP contribution in [0.5, 0.6) is 5.88 Å². The van der Waals surface area contributed by atoms with Crippen molar-refractivity contribution in [3.8, 4) is 17.1 Å². The standard InChI is InChI=1S/C27H29F3N9O2/c28-27(29,30)26-35-17(12-37-13-20(40)14-37)7-23(36-26)41-21-2-5-38(6-3-21)18-8-19(9-18)39-11-16(10-34-39)24-22-1-4-31-25(22)33-15-32-24/h1,4,7,10-11,15,18,20-21,40H,2-3,5-6,8-9,12-14H2,(H,31,32,33). The third kappa shape index (κ3) is 5.38. The van der Waals surface area contributed by atoms with Crippen molar-refractivity contribution in [3.63, 3.8) is 0 Å². The number of ether oxygens (including phenoxy) is 1. The summed E-state index contributed by atoms with van der Waals surface area (Å²) in [4.78, 5) is 23.4. The molecule has 0 bridgehead atoms. The van der Waals surface area contributed by atoms with Crippen LogP contribution >= 0.6 is 0 Å². The highest BCUT2D eigenvalue weighted by Gasteiger charge is 2.39. The first-order chi connectivity index (χ1) is 19.8. The number of rotatable bonds is 7. The fourth-order valence-electron chi connectivity index (χ4n) is 5.82. The van der Waals surface area contributed by atoms with Crippen LogP contribution in [0.3, 0.4) is 0 Å². The Kier molecular flexibility index (Phi) is 6.63. The summed E-state index contributed by atoms with van der Waals surface area (Å²) in [5.41, 5.74) is 2.82. The Labute approximate surface area is 233 Å². The van der Waals surface area contributed by atoms with E-state index < -0.39 is 18.1 Å². The molecular weight excluding hydrogens is 539 g/mol. The lowest BCUT2D eigenvalue weighted by Gasteiger charge is -2.45. The summed E-state index contributed by atoms with van der Waals surface area (Å²) in [6, 6.07) is 5.09. The Morgan fingerprint density at radius 1 is 1.10 bits per heavy atom. The third-order valence-electron chi connectivity index (χ3n) is 8.09. The van der Waals surface area contributed by atoms with Crippen LogP contribution < -0.4 is 4.74 Å². The van der Waals surface area contributed by atoms with Gasteiger partial charge in [0.15, 0.2) is 0 Å². The van der Waals surface area contributed by atoms with Gasteiger partial charge in [-0.2, -0.15) is 23.3 Å². The summed E-state index contributed by atoms with van der Waals surface area (Å²) in [5.74, 6) is -1.24. The first-order valence-corrected chi connectivity index (χ1v) is 13.7. The number of hydrogen-bond donors (Lipinski definition) is 2. The van der Waals surface area contributed by atoms with Gasteiger partial charge in [0.05, 0.1) is 29.7 Å². The summed E-state index contributed by atoms with van der Waals surface area (Å²) < 4.78 is 48.2. The van der Waals surface area contributed by atoms with Crippen molar-refractivity contribution in [2.45, 2.75) is 56.7 Å². The van der Waals surface area contributed by atoms with Gasteiger partial charge in [0, 0.05) is 68.2 Å². The molecule has 7 rings (SSSR count). The van der Waals surface area contributed by atoms with Gasteiger partial charge < -0.3 is 14.8 Å². The van der Waals surface area contributed by atoms with Crippen molar-refractivity contribution < 1.29 is 23.0 Å². The summed E-state index contributed by atoms with van der Waals surface area (Å²) in [5, 5.41) is 15.0. The number of aliphatic hydroxyl groups is 1. The Hall–Kier alpha value is -3.62. The maximum atomic E-state index is 13.4. The number of likely N-dealkylation sites (tertiary alicyclic amines) is 2. The number of aromatic nitrogens is 7. The Bertz CT molecular complexity index is 1520. The highest BCUT2D eigenvalue weighted by atomic mass is 19.4. The van der Waals surface area contributed by atoms with E-state index in [1.165, 1.54) is 12.1 Å². The van der Waals surface area contributed by atoms with E-state index in [0.717, 1.165) is 48.2 Å². The van der Waals surface area contributed by atoms with E-state index in [-0.39, 0.29) is 24.2 Å². The molecule has 215 valence electrons. The SMILES string of the molecule is OC1CN(Cc2cc(OC3CCN(C4C[C](n5cc(-c6ncnc7[nH]ccc67)cn5)C4)CC3)nc(C(F)(F)F)n2)C1. The van der Waals surface area contributed by atoms with Crippen LogP contribution in [-0.2, 0) is 12.7 Å². The maximum absolute atomic E-state index is 13.4. The van der Waals surface area contributed by atoms with Gasteiger partial charge in [0.2, 0.25) is 11.7 Å². The molecule has 3 aliphatic rings. The molecule has 0 spiro atoms. The highest BCUT2D eigenvalue weighted by molar-refractivity contribution is 5.90. The van der Waals surface area contributed by atoms with Gasteiger partial charge in [-0.15, -0.1) is 0 Å². The van der Waals surface area contributed by atoms with Crippen molar-refractivity contribution in [1.29, 1.82) is 0 Å². The van der Waals surface area contributed by atoms with Crippen molar-refractivity contribution in [2.75, 3.05) is 26.2 Å². The zero-order valence-corrected chi connectivity index (χ0v) is 22.1. The summed E-state index contributed by atoms with van der Waals surface area (Å²) >= 11 is 0. The van der Waals surface area contributed by atoms with Gasteiger partial charge in [-0.1, -0.05) is 0 Å². The second kappa shape index (κ2) is 10.3. The van der Waals surface area contributed by atoms with Crippen molar-refractivity contribution in [1.82, 2.24) is 44.5 Å². The average Bonchev–Trinajstić information content (AvgIpc) is 3.57. The second-order valence-electron chi connectivity index (χ2n) is 11.0. The maximum Gasteiger partial charge on any atom is 0.451 e. The highest BCUT2D eigenvalue weighted by Crippen LogP contribution is 2.37. The molecular formula is C27H29F3N9O2. The first kappa shape index (κ1) is 26.3. The molecule has 1 saturated carbocycles. The smallest absolute Gasteiger partial charge is 0.451 e. The van der Waals surface area contributed by atoms with E-state index >= 15 is 0 Å². The zero-order chi connectivity index (χ0) is 28.1. The number of hydrogen-bond acceptors (Lipinski definition) is 9. The number of β-amino-alcohol motifs (C(OH)–C–C–N with tert-alkyl or cyclic N) is 1. The topological polar surface area (TPSA) is 121 Å². The lowest BCUT2D eigenvalue weighted by Crippen LogP contribution is -2.50. The molecule has 6 heterocycles. The minimum atomic E-state index is -4.66. The fraction of sp³-hybridized carbons (Fsp3) is 0.481. The number of nitrogens with one attached hydrogen (secondary N) is 1. The number of fused-ring (bicyclic) bond motifs is 1. The molecule has 0 unspecified atom stereocenters. The lowest BCUT2D eigenvalue weighted by molar-refractivity contribution is -0.145. The van der Waals surface area contributed by atoms with E-state index in [1.54, 1.807) is 6.33 Å². The summed E-state index contributed by atoms with van der Waals surface area (Å²) in [7, 11) is 0. The molecule has 1 aliphatic carbocycles. The first-order valence-electron chi connectivity index (χ1n) is 13.7. The number of H-pyrrole nitrogens is 1. The average molecular weight is 569 g/mol. The van der Waals surface area contributed by atoms with Gasteiger partial charge in [0.1, 0.15) is 18.1 Å². The van der Waals surface area contributed by atoms with Gasteiger partial charge in [-0.25, -0.2) is 15.0 Å². The Balaban J connectivity index is 0.931. The van der Waals surface area contributed by atoms with Crippen LogP contribution in [0.1, 0.15) is 37.2 Å². The number of piperidine rings is 1. The third-order valence-corrected chi connectivity index (χ3v) is 8.09. The lowest BCUT2D eigenvalue weighted by atomic mass is 9.84. The largest absolute Gasteiger partial charge is 0.474 e. The quantitative estimate of drug-likeness (QED) is 0.347. The Morgan fingerprint density at radius 3 is 2.66 bits per heavy atom. The zero-order valence-electron chi connectivity index (χ0n) is 22.1. The molecule has 2 aliphatic heterocycles. The van der Waals surface area contributed by atoms with Gasteiger partial charge in [0.25, 0.3) is 0 Å². The van der Waals surface area contributed by atoms with Crippen molar-refractivity contribution >= 4 is 11.0 Å². The van der Waals surface area contributed by atoms with Gasteiger partial charge >= 0.3 is 6.18 Å². The van der Waals surface area contributed by atoms with E-state index in [2.05, 4.69) is 34.9 Å². The van der Waals surface area contributed by atoms with Crippen LogP contribution in [0.4, 0.5) is 13.2 Å². The van der Waals surface area contributed by atoms with Gasteiger partial charge in [-0.05, 0) is 31.7 Å². The van der Waals surface area contributed by atoms with Crippen molar-refractivity contribution in [3.05, 3.63) is 54.6 Å². The fourth-order valence-corrected chi connectivity index (χ4v) is 5.82. The molecule has 41 heavy (non-hydrogen) atoms. The normalized spacial score (nSPS) is 20.4. The van der Waals surface area contributed by atoms with Crippen LogP contribution in [0.2, 0.25) is 0 Å². The molecule has 1 radical (unpaired) electrons. The molecule has 0 atom stereocenters. The van der Waals surface area contributed by atoms with Crippen LogP contribution in [0.15, 0.2) is 37.1 Å². The molecule has 4 aromatic rings. The number of aliphatic hydroxyl groups excluding tert-OH is 1. The van der Waals surface area contributed by atoms with E-state index in [9.17, 15) is 18.3 Å². The molecule has 11 nitrogen and oxygen atoms in total. The van der Waals surface area contributed by atoms with E-state index in [4.69, 9.17) is 4.74 Å². The second-order valence-corrected chi connectivity index (χ2v) is 11.0. The molecule has 4 aromatic heterocycles. The number of nitrogens with zero attached hydrogens (tertiary/aromatic N) is 8. The Morgan fingerprint density at radius 2 is 1.90 bits per heavy atom. The molecule has 0 aromatic carbocycles. The summed E-state index contributed by atoms with van der Waals surface area (Å²) in [6.07, 6.45) is 5.14. The summed E-state index contributed by atoms with van der Waals surface area (Å²) in [6.45, 7) is 2.65. The number of alkyl halides is 3. The minimum absolute atomic E-state index is 0.0452.